The van der Waals surface area contributed by atoms with Crippen molar-refractivity contribution in [2.24, 2.45) is 40.2 Å². The van der Waals surface area contributed by atoms with Crippen LogP contribution in [0.15, 0.2) is 11.6 Å². The van der Waals surface area contributed by atoms with Crippen molar-refractivity contribution in [1.82, 2.24) is 0 Å². The maximum absolute atomic E-state index is 12.3. The molecule has 0 bridgehead atoms. The van der Waals surface area contributed by atoms with E-state index in [-0.39, 0.29) is 28.8 Å². The molecule has 0 saturated heterocycles. The molecule has 0 aliphatic heterocycles. The first kappa shape index (κ1) is 20.1. The first-order chi connectivity index (χ1) is 13.2. The van der Waals surface area contributed by atoms with E-state index in [2.05, 4.69) is 19.9 Å². The fourth-order valence-electron chi connectivity index (χ4n) is 7.71. The Morgan fingerprint density at radius 2 is 1.86 bits per heavy atom. The molecule has 0 aromatic carbocycles. The fourth-order valence-corrected chi connectivity index (χ4v) is 7.71. The number of allylic oxidation sites excluding steroid dienone is 1. The van der Waals surface area contributed by atoms with E-state index in [1.54, 1.807) is 13.8 Å². The molecule has 0 aromatic heterocycles. The quantitative estimate of drug-likeness (QED) is 0.575. The summed E-state index contributed by atoms with van der Waals surface area (Å²) in [6.07, 6.45) is 11.2. The largest absolute Gasteiger partial charge is 0.457 e. The average Bonchev–Trinajstić information content (AvgIpc) is 2.99. The second-order valence-corrected chi connectivity index (χ2v) is 10.6. The predicted octanol–water partition coefficient (Wildman–Crippen LogP) is 4.41. The average molecular weight is 388 g/mol. The van der Waals surface area contributed by atoms with E-state index in [1.165, 1.54) is 31.3 Å². The summed E-state index contributed by atoms with van der Waals surface area (Å²) >= 11 is 0. The zero-order valence-corrected chi connectivity index (χ0v) is 18.0. The second kappa shape index (κ2) is 6.97. The van der Waals surface area contributed by atoms with Crippen LogP contribution in [0.3, 0.4) is 0 Å². The minimum atomic E-state index is -0.560. The van der Waals surface area contributed by atoms with Crippen LogP contribution in [0.25, 0.3) is 0 Å². The number of ether oxygens (including phenoxy) is 1. The van der Waals surface area contributed by atoms with E-state index in [1.807, 2.05) is 0 Å². The van der Waals surface area contributed by atoms with E-state index < -0.39 is 6.04 Å². The van der Waals surface area contributed by atoms with Crippen LogP contribution in [-0.2, 0) is 14.3 Å². The fraction of sp³-hybridized carbons (Fsp3) is 0.833. The van der Waals surface area contributed by atoms with Gasteiger partial charge in [0, 0.05) is 5.92 Å². The summed E-state index contributed by atoms with van der Waals surface area (Å²) in [4.78, 5) is 24.2. The Labute approximate surface area is 169 Å². The molecule has 8 unspecified atom stereocenters. The van der Waals surface area contributed by atoms with Crippen LogP contribution in [0, 0.1) is 34.5 Å². The van der Waals surface area contributed by atoms with Crippen LogP contribution in [0.1, 0.15) is 79.1 Å². The maximum Gasteiger partial charge on any atom is 0.323 e. The van der Waals surface area contributed by atoms with E-state index in [9.17, 15) is 9.59 Å². The molecule has 0 radical (unpaired) electrons. The first-order valence-corrected chi connectivity index (χ1v) is 11.3. The number of rotatable bonds is 3. The Balaban J connectivity index is 1.55. The third-order valence-corrected chi connectivity index (χ3v) is 9.20. The molecule has 28 heavy (non-hydrogen) atoms. The van der Waals surface area contributed by atoms with Gasteiger partial charge in [-0.2, -0.15) is 0 Å². The highest BCUT2D eigenvalue weighted by molar-refractivity contribution is 5.79. The Bertz CT molecular complexity index is 698. The summed E-state index contributed by atoms with van der Waals surface area (Å²) in [6, 6.07) is -0.560. The maximum atomic E-state index is 12.3. The summed E-state index contributed by atoms with van der Waals surface area (Å²) in [5.74, 6) is 2.54. The van der Waals surface area contributed by atoms with Gasteiger partial charge in [-0.15, -0.1) is 0 Å². The summed E-state index contributed by atoms with van der Waals surface area (Å²) < 4.78 is 5.63. The first-order valence-electron chi connectivity index (χ1n) is 11.3. The van der Waals surface area contributed by atoms with Crippen LogP contribution in [0.2, 0.25) is 0 Å². The second-order valence-electron chi connectivity index (χ2n) is 10.6. The lowest BCUT2D eigenvalue weighted by Gasteiger charge is -2.58. The van der Waals surface area contributed by atoms with Crippen LogP contribution in [-0.4, -0.2) is 23.9 Å². The highest BCUT2D eigenvalue weighted by Gasteiger charge is 2.59. The van der Waals surface area contributed by atoms with Crippen LogP contribution in [0.4, 0.5) is 0 Å². The zero-order chi connectivity index (χ0) is 20.3. The standard InChI is InChI=1S/C24H37NO3/c1-14(25)22(27)28-17-9-11-23(3)16(13-17)5-6-18-20-8-7-19(15(2)26)24(20,4)12-10-21(18)23/h13-14,17-21H,5-12,25H2,1-4H3. The van der Waals surface area contributed by atoms with Crippen molar-refractivity contribution in [1.29, 1.82) is 0 Å². The Morgan fingerprint density at radius 1 is 1.11 bits per heavy atom. The molecule has 8 atom stereocenters. The van der Waals surface area contributed by atoms with E-state index in [4.69, 9.17) is 10.5 Å². The Kier molecular flexibility index (Phi) is 5.01. The molecular formula is C24H37NO3. The molecule has 4 nitrogen and oxygen atoms in total. The zero-order valence-electron chi connectivity index (χ0n) is 18.0. The molecule has 4 rings (SSSR count). The van der Waals surface area contributed by atoms with Crippen molar-refractivity contribution >= 4 is 11.8 Å². The lowest BCUT2D eigenvalue weighted by molar-refractivity contribution is -0.149. The van der Waals surface area contributed by atoms with Crippen molar-refractivity contribution in [2.75, 3.05) is 0 Å². The number of fused-ring (bicyclic) bond motifs is 5. The minimum absolute atomic E-state index is 0.111. The summed E-state index contributed by atoms with van der Waals surface area (Å²) in [5, 5.41) is 0. The Hall–Kier alpha value is -1.16. The lowest BCUT2D eigenvalue weighted by atomic mass is 9.46. The van der Waals surface area contributed by atoms with Crippen molar-refractivity contribution in [3.8, 4) is 0 Å². The van der Waals surface area contributed by atoms with Crippen molar-refractivity contribution in [2.45, 2.75) is 91.2 Å². The molecule has 0 amide bonds. The molecule has 4 aliphatic rings. The molecule has 0 spiro atoms. The number of nitrogens with two attached hydrogens (primary N) is 1. The molecular weight excluding hydrogens is 350 g/mol. The molecule has 4 heteroatoms. The number of carbonyl (C=O) groups excluding carboxylic acids is 2. The molecule has 0 heterocycles. The number of esters is 1. The third-order valence-electron chi connectivity index (χ3n) is 9.20. The smallest absolute Gasteiger partial charge is 0.323 e. The van der Waals surface area contributed by atoms with Crippen LogP contribution in [0.5, 0.6) is 0 Å². The predicted molar refractivity (Wildman–Crippen MR) is 109 cm³/mol. The van der Waals surface area contributed by atoms with Gasteiger partial charge in [-0.3, -0.25) is 9.59 Å². The highest BCUT2D eigenvalue weighted by atomic mass is 16.5. The minimum Gasteiger partial charge on any atom is -0.457 e. The van der Waals surface area contributed by atoms with Crippen molar-refractivity contribution < 1.29 is 14.3 Å². The molecule has 3 saturated carbocycles. The van der Waals surface area contributed by atoms with Gasteiger partial charge in [-0.1, -0.05) is 19.4 Å². The van der Waals surface area contributed by atoms with Gasteiger partial charge in [0.1, 0.15) is 17.9 Å². The van der Waals surface area contributed by atoms with Crippen LogP contribution >= 0.6 is 0 Å². The van der Waals surface area contributed by atoms with E-state index in [0.29, 0.717) is 17.6 Å². The van der Waals surface area contributed by atoms with Crippen LogP contribution < -0.4 is 5.73 Å². The van der Waals surface area contributed by atoms with Gasteiger partial charge in [-0.25, -0.2) is 0 Å². The molecule has 3 fully saturated rings. The van der Waals surface area contributed by atoms with Gasteiger partial charge >= 0.3 is 5.97 Å². The van der Waals surface area contributed by atoms with Crippen molar-refractivity contribution in [3.05, 3.63) is 11.6 Å². The molecule has 2 N–H and O–H groups in total. The normalized spacial score (nSPS) is 45.9. The molecule has 4 aliphatic carbocycles. The molecule has 0 aromatic rings. The van der Waals surface area contributed by atoms with E-state index >= 15 is 0 Å². The van der Waals surface area contributed by atoms with Gasteiger partial charge in [0.05, 0.1) is 0 Å². The number of hydrogen-bond donors (Lipinski definition) is 1. The van der Waals surface area contributed by atoms with Gasteiger partial charge in [0.25, 0.3) is 0 Å². The summed E-state index contributed by atoms with van der Waals surface area (Å²) in [7, 11) is 0. The monoisotopic (exact) mass is 387 g/mol. The van der Waals surface area contributed by atoms with Gasteiger partial charge in [0.15, 0.2) is 0 Å². The van der Waals surface area contributed by atoms with Crippen molar-refractivity contribution in [3.63, 3.8) is 0 Å². The number of ketones is 1. The van der Waals surface area contributed by atoms with Gasteiger partial charge in [0.2, 0.25) is 0 Å². The number of hydrogen-bond acceptors (Lipinski definition) is 4. The SMILES string of the molecule is CC(=O)C1CCC2C3CCC4=CC(OC(=O)C(C)N)CCC4(C)C3CCC12C. The topological polar surface area (TPSA) is 69.4 Å². The van der Waals surface area contributed by atoms with Gasteiger partial charge in [-0.05, 0) is 99.9 Å². The number of carbonyl (C=O) groups is 2. The van der Waals surface area contributed by atoms with Gasteiger partial charge < -0.3 is 10.5 Å². The Morgan fingerprint density at radius 3 is 2.54 bits per heavy atom. The summed E-state index contributed by atoms with van der Waals surface area (Å²) in [5.41, 5.74) is 7.63. The molecule has 156 valence electrons. The highest BCUT2D eigenvalue weighted by Crippen LogP contribution is 2.66. The number of Topliss-reactive ketones (excluding diaryl/α,β-unsaturated/α-hetero) is 1. The summed E-state index contributed by atoms with van der Waals surface area (Å²) in [6.45, 7) is 8.35. The lowest BCUT2D eigenvalue weighted by Crippen LogP contribution is -2.51. The van der Waals surface area contributed by atoms with E-state index in [0.717, 1.165) is 31.6 Å². The third kappa shape index (κ3) is 2.98.